The van der Waals surface area contributed by atoms with Gasteiger partial charge in [-0.3, -0.25) is 9.59 Å². The molecule has 0 aliphatic carbocycles. The van der Waals surface area contributed by atoms with Crippen LogP contribution in [-0.4, -0.2) is 49.6 Å². The number of amides is 1. The van der Waals surface area contributed by atoms with Crippen LogP contribution in [0, 0.1) is 0 Å². The first kappa shape index (κ1) is 25.7. The van der Waals surface area contributed by atoms with Crippen molar-refractivity contribution >= 4 is 39.0 Å². The number of nitrogens with zero attached hydrogens (tertiary/aromatic N) is 2. The largest absolute Gasteiger partial charge is 0.497 e. The van der Waals surface area contributed by atoms with Gasteiger partial charge in [0.25, 0.3) is 5.56 Å². The summed E-state index contributed by atoms with van der Waals surface area (Å²) in [7, 11) is 4.58. The number of hydrogen-bond acceptors (Lipinski definition) is 9. The highest BCUT2D eigenvalue weighted by atomic mass is 32.1. The Morgan fingerprint density at radius 3 is 2.38 bits per heavy atom. The van der Waals surface area contributed by atoms with Gasteiger partial charge in [0.15, 0.2) is 17.2 Å². The summed E-state index contributed by atoms with van der Waals surface area (Å²) in [6.45, 7) is 1.82. The maximum Gasteiger partial charge on any atom is 0.359 e. The lowest BCUT2D eigenvalue weighted by Crippen LogP contribution is -2.25. The molecule has 4 rings (SSSR count). The van der Waals surface area contributed by atoms with Crippen LogP contribution in [0.2, 0.25) is 0 Å². The number of methoxy groups -OCH3 is 3. The number of benzene rings is 2. The Hall–Kier alpha value is -4.38. The van der Waals surface area contributed by atoms with Crippen molar-refractivity contribution in [2.75, 3.05) is 33.3 Å². The van der Waals surface area contributed by atoms with Crippen molar-refractivity contribution in [3.05, 3.63) is 69.5 Å². The van der Waals surface area contributed by atoms with Crippen LogP contribution < -0.4 is 25.1 Å². The molecule has 0 saturated heterocycles. The molecule has 0 saturated carbocycles. The first-order valence-electron chi connectivity index (χ1n) is 11.3. The van der Waals surface area contributed by atoms with Crippen molar-refractivity contribution in [1.29, 1.82) is 0 Å². The van der Waals surface area contributed by atoms with Gasteiger partial charge in [0.2, 0.25) is 5.91 Å². The van der Waals surface area contributed by atoms with E-state index in [1.165, 1.54) is 21.3 Å². The molecule has 2 aromatic heterocycles. The van der Waals surface area contributed by atoms with Gasteiger partial charge in [-0.1, -0.05) is 6.07 Å². The van der Waals surface area contributed by atoms with E-state index in [9.17, 15) is 14.4 Å². The van der Waals surface area contributed by atoms with Crippen LogP contribution in [0.4, 0.5) is 5.00 Å². The molecule has 0 aliphatic heterocycles. The lowest BCUT2D eigenvalue weighted by Gasteiger charge is -2.11. The topological polar surface area (TPSA) is 118 Å². The summed E-state index contributed by atoms with van der Waals surface area (Å²) in [5.41, 5.74) is 0.604. The van der Waals surface area contributed by atoms with E-state index in [1.807, 2.05) is 0 Å². The van der Waals surface area contributed by atoms with Crippen molar-refractivity contribution in [2.24, 2.45) is 0 Å². The molecule has 0 fully saturated rings. The fraction of sp³-hybridized carbons (Fsp3) is 0.231. The number of aromatic nitrogens is 2. The van der Waals surface area contributed by atoms with Crippen LogP contribution in [0.5, 0.6) is 17.2 Å². The Morgan fingerprint density at radius 2 is 1.73 bits per heavy atom. The Kier molecular flexibility index (Phi) is 7.73. The van der Waals surface area contributed by atoms with E-state index in [1.54, 1.807) is 54.8 Å². The van der Waals surface area contributed by atoms with E-state index in [2.05, 4.69) is 10.4 Å². The number of carbonyl (C=O) groups excluding carboxylic acids is 2. The number of thiophene rings is 1. The molecule has 4 aromatic rings. The molecule has 10 nitrogen and oxygen atoms in total. The number of fused-ring (bicyclic) bond motifs is 1. The molecular weight excluding hydrogens is 498 g/mol. The van der Waals surface area contributed by atoms with Gasteiger partial charge in [-0.2, -0.15) is 9.78 Å². The van der Waals surface area contributed by atoms with Crippen LogP contribution >= 0.6 is 11.3 Å². The highest BCUT2D eigenvalue weighted by molar-refractivity contribution is 7.16. The predicted octanol–water partition coefficient (Wildman–Crippen LogP) is 3.83. The molecule has 2 heterocycles. The van der Waals surface area contributed by atoms with Crippen molar-refractivity contribution in [3.63, 3.8) is 0 Å². The van der Waals surface area contributed by atoms with Crippen LogP contribution in [0.25, 0.3) is 16.5 Å². The molecule has 0 aliphatic rings. The molecule has 11 heteroatoms. The van der Waals surface area contributed by atoms with Gasteiger partial charge >= 0.3 is 5.97 Å². The molecule has 0 bridgehead atoms. The van der Waals surface area contributed by atoms with Crippen LogP contribution in [0.3, 0.4) is 0 Å². The second kappa shape index (κ2) is 11.1. The standard InChI is InChI=1S/C26H25N3O7S/c1-5-36-26(32)23-18-14-37-24(27-21(30)13-15-6-11-19(34-3)20(12-15)35-4)22(18)25(31)29(28-23)16-7-9-17(33-2)10-8-16/h6-12,14H,5,13H2,1-4H3,(H,27,30). The number of nitrogens with one attached hydrogen (secondary N) is 1. The summed E-state index contributed by atoms with van der Waals surface area (Å²) in [6, 6.07) is 11.8. The smallest absolute Gasteiger partial charge is 0.359 e. The third-order valence-electron chi connectivity index (χ3n) is 5.50. The van der Waals surface area contributed by atoms with Gasteiger partial charge in [0, 0.05) is 10.8 Å². The predicted molar refractivity (Wildman–Crippen MR) is 140 cm³/mol. The van der Waals surface area contributed by atoms with E-state index in [0.29, 0.717) is 38.9 Å². The lowest BCUT2D eigenvalue weighted by molar-refractivity contribution is -0.115. The van der Waals surface area contributed by atoms with E-state index in [-0.39, 0.29) is 30.0 Å². The van der Waals surface area contributed by atoms with Crippen molar-refractivity contribution in [2.45, 2.75) is 13.3 Å². The first-order valence-corrected chi connectivity index (χ1v) is 12.1. The van der Waals surface area contributed by atoms with Gasteiger partial charge in [0.1, 0.15) is 10.8 Å². The summed E-state index contributed by atoms with van der Waals surface area (Å²) in [4.78, 5) is 39.2. The summed E-state index contributed by atoms with van der Waals surface area (Å²) in [5.74, 6) is 0.634. The Morgan fingerprint density at radius 1 is 1.00 bits per heavy atom. The fourth-order valence-electron chi connectivity index (χ4n) is 3.74. The molecule has 1 N–H and O–H groups in total. The summed E-state index contributed by atoms with van der Waals surface area (Å²) < 4.78 is 22.0. The van der Waals surface area contributed by atoms with Crippen LogP contribution in [0.15, 0.2) is 52.6 Å². The first-order chi connectivity index (χ1) is 17.9. The fourth-order valence-corrected chi connectivity index (χ4v) is 4.69. The number of carbonyl (C=O) groups is 2. The Bertz CT molecular complexity index is 1510. The average molecular weight is 524 g/mol. The third-order valence-corrected chi connectivity index (χ3v) is 6.40. The van der Waals surface area contributed by atoms with E-state index in [4.69, 9.17) is 18.9 Å². The minimum atomic E-state index is -0.671. The number of esters is 1. The maximum absolute atomic E-state index is 13.5. The SMILES string of the molecule is CCOC(=O)c1nn(-c2ccc(OC)cc2)c(=O)c2c(NC(=O)Cc3ccc(OC)c(OC)c3)scc12. The van der Waals surface area contributed by atoms with Crippen molar-refractivity contribution in [1.82, 2.24) is 9.78 Å². The average Bonchev–Trinajstić information content (AvgIpc) is 3.32. The van der Waals surface area contributed by atoms with Gasteiger partial charge in [-0.15, -0.1) is 11.3 Å². The molecule has 0 unspecified atom stereocenters. The quantitative estimate of drug-likeness (QED) is 0.329. The van der Waals surface area contributed by atoms with Crippen molar-refractivity contribution in [3.8, 4) is 22.9 Å². The second-order valence-electron chi connectivity index (χ2n) is 7.75. The van der Waals surface area contributed by atoms with Crippen LogP contribution in [-0.2, 0) is 16.0 Å². The summed E-state index contributed by atoms with van der Waals surface area (Å²) in [5, 5.41) is 9.50. The zero-order valence-electron chi connectivity index (χ0n) is 20.7. The number of ether oxygens (including phenoxy) is 4. The molecule has 37 heavy (non-hydrogen) atoms. The molecule has 0 spiro atoms. The molecule has 0 atom stereocenters. The van der Waals surface area contributed by atoms with E-state index < -0.39 is 11.5 Å². The lowest BCUT2D eigenvalue weighted by atomic mass is 10.1. The summed E-state index contributed by atoms with van der Waals surface area (Å²) >= 11 is 1.13. The second-order valence-corrected chi connectivity index (χ2v) is 8.63. The Labute approximate surface area is 216 Å². The van der Waals surface area contributed by atoms with Crippen molar-refractivity contribution < 1.29 is 28.5 Å². The number of rotatable bonds is 9. The highest BCUT2D eigenvalue weighted by Gasteiger charge is 2.23. The van der Waals surface area contributed by atoms with Crippen LogP contribution in [0.1, 0.15) is 23.0 Å². The Balaban J connectivity index is 1.74. The zero-order chi connectivity index (χ0) is 26.5. The minimum absolute atomic E-state index is 0.0242. The van der Waals surface area contributed by atoms with Gasteiger partial charge in [-0.25, -0.2) is 4.79 Å². The number of hydrogen-bond donors (Lipinski definition) is 1. The molecule has 192 valence electrons. The van der Waals surface area contributed by atoms with E-state index >= 15 is 0 Å². The monoisotopic (exact) mass is 523 g/mol. The number of anilines is 1. The molecule has 1 amide bonds. The maximum atomic E-state index is 13.5. The van der Waals surface area contributed by atoms with Gasteiger partial charge in [-0.05, 0) is 48.9 Å². The highest BCUT2D eigenvalue weighted by Crippen LogP contribution is 2.32. The molecule has 2 aromatic carbocycles. The zero-order valence-corrected chi connectivity index (χ0v) is 21.5. The summed E-state index contributed by atoms with van der Waals surface area (Å²) in [6.07, 6.45) is 0.0300. The molecule has 0 radical (unpaired) electrons. The van der Waals surface area contributed by atoms with Gasteiger partial charge < -0.3 is 24.3 Å². The van der Waals surface area contributed by atoms with Gasteiger partial charge in [0.05, 0.1) is 45.4 Å². The normalized spacial score (nSPS) is 10.7. The third kappa shape index (κ3) is 5.26. The van der Waals surface area contributed by atoms with E-state index in [0.717, 1.165) is 16.0 Å². The minimum Gasteiger partial charge on any atom is -0.497 e. The molecular formula is C26H25N3O7S.